The molecule has 0 saturated heterocycles. The van der Waals surface area contributed by atoms with E-state index in [2.05, 4.69) is 5.48 Å². The number of nitrogens with two attached hydrogens (primary N) is 1. The Bertz CT molecular complexity index is 185. The van der Waals surface area contributed by atoms with Crippen LogP contribution in [0, 0.1) is 0 Å². The molecule has 0 saturated carbocycles. The van der Waals surface area contributed by atoms with Gasteiger partial charge in [-0.2, -0.15) is 5.48 Å². The predicted octanol–water partition coefficient (Wildman–Crippen LogP) is -0.180. The molecule has 0 aromatic heterocycles. The van der Waals surface area contributed by atoms with Crippen molar-refractivity contribution in [1.82, 2.24) is 5.48 Å². The fraction of sp³-hybridized carbons (Fsp3) is 1.00. The molecule has 0 heterocycles. The van der Waals surface area contributed by atoms with E-state index < -0.39 is 7.60 Å². The second-order valence-electron chi connectivity index (χ2n) is 3.02. The summed E-state index contributed by atoms with van der Waals surface area (Å²) in [7, 11) is -3.11. The summed E-state index contributed by atoms with van der Waals surface area (Å²) in [4.78, 5) is 0. The molecule has 6 nitrogen and oxygen atoms in total. The van der Waals surface area contributed by atoms with Crippen molar-refractivity contribution in [3.05, 3.63) is 0 Å². The van der Waals surface area contributed by atoms with E-state index in [1.807, 2.05) is 6.92 Å². The second kappa shape index (κ2) is 12.5. The zero-order valence-electron chi connectivity index (χ0n) is 9.15. The molecular weight excluding hydrogens is 242 g/mol. The summed E-state index contributed by atoms with van der Waals surface area (Å²) in [6.07, 6.45) is 2.01. The third kappa shape index (κ3) is 10.2. The molecule has 1 unspecified atom stereocenters. The molecule has 94 valence electrons. The van der Waals surface area contributed by atoms with Crippen LogP contribution in [0.25, 0.3) is 0 Å². The first kappa shape index (κ1) is 19.4. The van der Waals surface area contributed by atoms with Crippen molar-refractivity contribution in [2.75, 3.05) is 32.5 Å². The van der Waals surface area contributed by atoms with Crippen LogP contribution >= 0.6 is 7.60 Å². The molecule has 0 amide bonds. The first-order chi connectivity index (χ1) is 7.18. The van der Waals surface area contributed by atoms with Crippen molar-refractivity contribution in [3.8, 4) is 0 Å². The van der Waals surface area contributed by atoms with Crippen LogP contribution in [0.3, 0.4) is 0 Å². The van der Waals surface area contributed by atoms with Crippen LogP contribution in [0.5, 0.6) is 0 Å². The quantitative estimate of drug-likeness (QED) is 0.219. The zero-order valence-corrected chi connectivity index (χ0v) is 10.0. The Labute approximate surface area is 119 Å². The van der Waals surface area contributed by atoms with Crippen molar-refractivity contribution in [2.24, 2.45) is 5.73 Å². The molecule has 0 bridgehead atoms. The van der Waals surface area contributed by atoms with Gasteiger partial charge >= 0.3 is 37.2 Å². The third-order valence-corrected chi connectivity index (χ3v) is 3.46. The maximum absolute atomic E-state index is 11.9. The normalized spacial score (nSPS) is 14.2. The van der Waals surface area contributed by atoms with Gasteiger partial charge in [0.2, 0.25) is 0 Å². The summed E-state index contributed by atoms with van der Waals surface area (Å²) in [5.41, 5.74) is 7.74. The van der Waals surface area contributed by atoms with Gasteiger partial charge in [0.1, 0.15) is 0 Å². The minimum absolute atomic E-state index is 0. The Kier molecular flexibility index (Phi) is 15.1. The summed E-state index contributed by atoms with van der Waals surface area (Å²) < 4.78 is 21.9. The van der Waals surface area contributed by atoms with Gasteiger partial charge in [-0.05, 0) is 6.42 Å². The van der Waals surface area contributed by atoms with Crippen LogP contribution in [-0.2, 0) is 13.7 Å². The molecule has 0 radical (unpaired) electrons. The number of rotatable bonds is 10. The average molecular weight is 264 g/mol. The number of hydrogen-bond donors (Lipinski definition) is 3. The van der Waals surface area contributed by atoms with Gasteiger partial charge in [0.25, 0.3) is 0 Å². The Morgan fingerprint density at radius 2 is 2.19 bits per heavy atom. The molecule has 0 fully saturated rings. The molecule has 4 N–H and O–H groups in total. The molecule has 1 atom stereocenters. The summed E-state index contributed by atoms with van der Waals surface area (Å²) in [6.45, 7) is 2.65. The molecule has 0 rings (SSSR count). The first-order valence-corrected chi connectivity index (χ1v) is 6.87. The number of hydroxylamine groups is 1. The molecule has 16 heavy (non-hydrogen) atoms. The van der Waals surface area contributed by atoms with E-state index in [4.69, 9.17) is 20.0 Å². The van der Waals surface area contributed by atoms with Gasteiger partial charge in [-0.25, -0.2) is 4.62 Å². The number of aliphatic hydroxyl groups excluding tert-OH is 1. The predicted molar refractivity (Wildman–Crippen MR) is 65.7 cm³/mol. The van der Waals surface area contributed by atoms with E-state index in [9.17, 15) is 4.57 Å². The summed E-state index contributed by atoms with van der Waals surface area (Å²) >= 11 is 0. The number of nitrogens with one attached hydrogen (secondary N) is 1. The molecule has 8 heteroatoms. The topological polar surface area (TPSA) is 93.8 Å². The van der Waals surface area contributed by atoms with Gasteiger partial charge < -0.3 is 15.4 Å². The van der Waals surface area contributed by atoms with Crippen molar-refractivity contribution >= 4 is 37.2 Å². The van der Waals surface area contributed by atoms with E-state index in [1.165, 1.54) is 0 Å². The molecule has 0 spiro atoms. The van der Waals surface area contributed by atoms with Gasteiger partial charge in [-0.15, -0.1) is 0 Å². The van der Waals surface area contributed by atoms with Crippen LogP contribution in [0.4, 0.5) is 0 Å². The van der Waals surface area contributed by atoms with E-state index in [1.54, 1.807) is 0 Å². The number of unbranched alkanes of at least 4 members (excludes halogenated alkanes) is 1. The molecule has 0 aromatic rings. The monoisotopic (exact) mass is 264 g/mol. The Balaban J connectivity index is 0. The van der Waals surface area contributed by atoms with Crippen LogP contribution < -0.4 is 11.2 Å². The van der Waals surface area contributed by atoms with Crippen molar-refractivity contribution in [1.29, 1.82) is 0 Å². The van der Waals surface area contributed by atoms with Gasteiger partial charge in [-0.3, -0.25) is 4.57 Å². The number of aliphatic hydroxyl groups is 1. The first-order valence-electron chi connectivity index (χ1n) is 5.14. The van der Waals surface area contributed by atoms with Crippen molar-refractivity contribution < 1.29 is 18.8 Å². The molecule has 0 aliphatic rings. The zero-order chi connectivity index (χ0) is 11.6. The van der Waals surface area contributed by atoms with E-state index in [-0.39, 0.29) is 42.8 Å². The van der Waals surface area contributed by atoms with Crippen LogP contribution in [0.15, 0.2) is 0 Å². The third-order valence-electron chi connectivity index (χ3n) is 1.61. The Morgan fingerprint density at radius 1 is 1.50 bits per heavy atom. The van der Waals surface area contributed by atoms with E-state index in [0.29, 0.717) is 19.3 Å². The van der Waals surface area contributed by atoms with Gasteiger partial charge in [0.05, 0.1) is 19.4 Å². The van der Waals surface area contributed by atoms with Crippen LogP contribution in [-0.4, -0.2) is 67.1 Å². The average Bonchev–Trinajstić information content (AvgIpc) is 2.24. The second-order valence-corrected chi connectivity index (χ2v) is 5.13. The molecule has 0 aromatic carbocycles. The fourth-order valence-corrected chi connectivity index (χ4v) is 2.50. The summed E-state index contributed by atoms with van der Waals surface area (Å²) in [5.74, 6) is 0. The molecular formula is C8H22N2NaO4P. The van der Waals surface area contributed by atoms with Gasteiger partial charge in [0, 0.05) is 13.1 Å². The van der Waals surface area contributed by atoms with Crippen LogP contribution in [0.2, 0.25) is 0 Å². The van der Waals surface area contributed by atoms with Crippen molar-refractivity contribution in [3.63, 3.8) is 0 Å². The summed E-state index contributed by atoms with van der Waals surface area (Å²) in [5, 5.41) is 8.58. The van der Waals surface area contributed by atoms with E-state index >= 15 is 0 Å². The molecule has 0 aliphatic heterocycles. The Hall–Kier alpha value is 1.03. The maximum atomic E-state index is 11.9. The van der Waals surface area contributed by atoms with Gasteiger partial charge in [0.15, 0.2) is 0 Å². The van der Waals surface area contributed by atoms with E-state index in [0.717, 1.165) is 12.8 Å². The minimum atomic E-state index is -3.11. The summed E-state index contributed by atoms with van der Waals surface area (Å²) in [6, 6.07) is 0. The van der Waals surface area contributed by atoms with Gasteiger partial charge in [-0.1, -0.05) is 13.3 Å². The number of hydrogen-bond acceptors (Lipinski definition) is 6. The fourth-order valence-electron chi connectivity index (χ4n) is 0.871. The SMILES string of the molecule is CCCCP(=O)(OCCO)ONCCN.[NaH]. The van der Waals surface area contributed by atoms with Crippen LogP contribution in [0.1, 0.15) is 19.8 Å². The molecule has 0 aliphatic carbocycles. The Morgan fingerprint density at radius 3 is 2.69 bits per heavy atom. The van der Waals surface area contributed by atoms with Crippen molar-refractivity contribution in [2.45, 2.75) is 19.8 Å². The standard InChI is InChI=1S/C8H21N2O4P.Na.H/c1-2-3-8-15(12,13-7-6-11)14-10-5-4-9;;/h10-11H,2-9H2,1H3;;.